The molecule has 1 atom stereocenters. The van der Waals surface area contributed by atoms with Gasteiger partial charge in [-0.2, -0.15) is 0 Å². The Kier molecular flexibility index (Phi) is 4.56. The van der Waals surface area contributed by atoms with E-state index in [-0.39, 0.29) is 6.04 Å². The van der Waals surface area contributed by atoms with Crippen molar-refractivity contribution in [3.8, 4) is 5.88 Å². The van der Waals surface area contributed by atoms with Gasteiger partial charge >= 0.3 is 0 Å². The highest BCUT2D eigenvalue weighted by Gasteiger charge is 2.16. The van der Waals surface area contributed by atoms with Crippen molar-refractivity contribution in [2.24, 2.45) is 10.7 Å². The van der Waals surface area contributed by atoms with Crippen LogP contribution in [0, 0.1) is 0 Å². The zero-order valence-corrected chi connectivity index (χ0v) is 12.9. The Balaban J connectivity index is 1.56. The van der Waals surface area contributed by atoms with E-state index in [0.29, 0.717) is 24.3 Å². The van der Waals surface area contributed by atoms with Crippen LogP contribution in [0.5, 0.6) is 5.88 Å². The number of rotatable bonds is 6. The lowest BCUT2D eigenvalue weighted by Crippen LogP contribution is -2.10. The van der Waals surface area contributed by atoms with Crippen molar-refractivity contribution in [1.29, 1.82) is 0 Å². The van der Waals surface area contributed by atoms with E-state index in [0.717, 1.165) is 18.5 Å². The molecule has 0 amide bonds. The van der Waals surface area contributed by atoms with E-state index in [1.807, 2.05) is 12.1 Å². The van der Waals surface area contributed by atoms with E-state index in [1.165, 1.54) is 11.9 Å². The molecule has 0 fully saturated rings. The normalized spacial score (nSPS) is 16.6. The van der Waals surface area contributed by atoms with E-state index < -0.39 is 0 Å². The molecular weight excluding hydrogens is 294 g/mol. The summed E-state index contributed by atoms with van der Waals surface area (Å²) >= 11 is 0. The van der Waals surface area contributed by atoms with Crippen LogP contribution in [-0.4, -0.2) is 35.7 Å². The first-order valence-electron chi connectivity index (χ1n) is 7.41. The second-order valence-corrected chi connectivity index (χ2v) is 5.24. The van der Waals surface area contributed by atoms with Crippen molar-refractivity contribution in [2.45, 2.75) is 18.9 Å². The topological polar surface area (TPSA) is 94.7 Å². The standard InChI is InChI=1S/C16H19N5O2/c1-22-15-8-14(18-10-19-15)20-12-5-2-11(3-6-12)4-7-13-9-23-16(17)21-13/h2-3,5-6,8,10,13H,4,7,9H2,1H3,(H2,17,21)(H,18,19,20). The molecule has 0 bridgehead atoms. The molecule has 3 N–H and O–H groups in total. The highest BCUT2D eigenvalue weighted by Crippen LogP contribution is 2.19. The second-order valence-electron chi connectivity index (χ2n) is 5.24. The first kappa shape index (κ1) is 15.1. The van der Waals surface area contributed by atoms with E-state index in [4.69, 9.17) is 15.2 Å². The first-order valence-corrected chi connectivity index (χ1v) is 7.41. The Morgan fingerprint density at radius 1 is 1.30 bits per heavy atom. The molecule has 1 aliphatic rings. The number of hydrogen-bond donors (Lipinski definition) is 2. The number of methoxy groups -OCH3 is 1. The van der Waals surface area contributed by atoms with Crippen LogP contribution in [-0.2, 0) is 11.2 Å². The lowest BCUT2D eigenvalue weighted by Gasteiger charge is -2.08. The summed E-state index contributed by atoms with van der Waals surface area (Å²) in [5, 5.41) is 3.22. The number of nitrogens with two attached hydrogens (primary N) is 1. The SMILES string of the molecule is COc1cc(Nc2ccc(CCC3COC(N)=N3)cc2)ncn1. The van der Waals surface area contributed by atoms with Crippen molar-refractivity contribution >= 4 is 17.5 Å². The summed E-state index contributed by atoms with van der Waals surface area (Å²) in [6, 6.07) is 10.4. The van der Waals surface area contributed by atoms with Crippen LogP contribution < -0.4 is 15.8 Å². The molecule has 1 aliphatic heterocycles. The number of nitrogens with one attached hydrogen (secondary N) is 1. The Hall–Kier alpha value is -2.83. The highest BCUT2D eigenvalue weighted by molar-refractivity contribution is 5.73. The lowest BCUT2D eigenvalue weighted by atomic mass is 10.1. The fourth-order valence-electron chi connectivity index (χ4n) is 2.34. The van der Waals surface area contributed by atoms with Gasteiger partial charge in [0, 0.05) is 11.8 Å². The number of anilines is 2. The molecule has 1 unspecified atom stereocenters. The predicted molar refractivity (Wildman–Crippen MR) is 88.0 cm³/mol. The van der Waals surface area contributed by atoms with Crippen LogP contribution in [0.3, 0.4) is 0 Å². The minimum atomic E-state index is 0.168. The molecule has 7 heteroatoms. The Labute approximate surface area is 134 Å². The zero-order valence-electron chi connectivity index (χ0n) is 12.9. The Bertz CT molecular complexity index is 687. The molecule has 120 valence electrons. The number of amidine groups is 1. The summed E-state index contributed by atoms with van der Waals surface area (Å²) in [5.74, 6) is 1.22. The smallest absolute Gasteiger partial charge is 0.282 e. The van der Waals surface area contributed by atoms with Gasteiger partial charge in [-0.3, -0.25) is 0 Å². The Morgan fingerprint density at radius 3 is 2.83 bits per heavy atom. The maximum absolute atomic E-state index is 5.51. The summed E-state index contributed by atoms with van der Waals surface area (Å²) < 4.78 is 10.2. The molecule has 2 heterocycles. The van der Waals surface area contributed by atoms with Gasteiger partial charge in [-0.25, -0.2) is 15.0 Å². The zero-order chi connectivity index (χ0) is 16.1. The second kappa shape index (κ2) is 6.95. The number of nitrogens with zero attached hydrogens (tertiary/aromatic N) is 3. The number of ether oxygens (including phenoxy) is 2. The van der Waals surface area contributed by atoms with Gasteiger partial charge in [0.1, 0.15) is 18.8 Å². The molecule has 3 rings (SSSR count). The van der Waals surface area contributed by atoms with Crippen molar-refractivity contribution in [2.75, 3.05) is 19.0 Å². The van der Waals surface area contributed by atoms with E-state index >= 15 is 0 Å². The van der Waals surface area contributed by atoms with Crippen LogP contribution in [0.25, 0.3) is 0 Å². The maximum atomic E-state index is 5.51. The third-order valence-corrected chi connectivity index (χ3v) is 3.58. The molecule has 23 heavy (non-hydrogen) atoms. The highest BCUT2D eigenvalue weighted by atomic mass is 16.5. The summed E-state index contributed by atoms with van der Waals surface area (Å²) in [4.78, 5) is 12.4. The third kappa shape index (κ3) is 4.09. The molecule has 1 aromatic heterocycles. The molecule has 0 spiro atoms. The Morgan fingerprint density at radius 2 is 2.13 bits per heavy atom. The van der Waals surface area contributed by atoms with Crippen molar-refractivity contribution < 1.29 is 9.47 Å². The minimum absolute atomic E-state index is 0.168. The minimum Gasteiger partial charge on any atom is -0.481 e. The van der Waals surface area contributed by atoms with Crippen molar-refractivity contribution in [3.63, 3.8) is 0 Å². The number of aromatic nitrogens is 2. The van der Waals surface area contributed by atoms with E-state index in [9.17, 15) is 0 Å². The predicted octanol–water partition coefficient (Wildman–Crippen LogP) is 1.87. The van der Waals surface area contributed by atoms with Gasteiger partial charge in [0.2, 0.25) is 5.88 Å². The fourth-order valence-corrected chi connectivity index (χ4v) is 2.34. The summed E-state index contributed by atoms with van der Waals surface area (Å²) in [7, 11) is 1.58. The van der Waals surface area contributed by atoms with Crippen LogP contribution in [0.1, 0.15) is 12.0 Å². The molecule has 1 aromatic carbocycles. The number of hydrogen-bond acceptors (Lipinski definition) is 7. The van der Waals surface area contributed by atoms with Gasteiger partial charge in [-0.15, -0.1) is 0 Å². The summed E-state index contributed by atoms with van der Waals surface area (Å²) in [6.45, 7) is 0.584. The average molecular weight is 313 g/mol. The number of benzene rings is 1. The maximum Gasteiger partial charge on any atom is 0.282 e. The largest absolute Gasteiger partial charge is 0.481 e. The third-order valence-electron chi connectivity index (χ3n) is 3.58. The fraction of sp³-hybridized carbons (Fsp3) is 0.312. The quantitative estimate of drug-likeness (QED) is 0.845. The van der Waals surface area contributed by atoms with Crippen LogP contribution in [0.4, 0.5) is 11.5 Å². The van der Waals surface area contributed by atoms with Gasteiger partial charge in [0.25, 0.3) is 6.02 Å². The summed E-state index contributed by atoms with van der Waals surface area (Å²) in [5.41, 5.74) is 7.71. The van der Waals surface area contributed by atoms with E-state index in [2.05, 4.69) is 32.4 Å². The number of aryl methyl sites for hydroxylation is 1. The molecule has 0 saturated heterocycles. The van der Waals surface area contributed by atoms with Gasteiger partial charge in [-0.05, 0) is 30.5 Å². The van der Waals surface area contributed by atoms with Crippen molar-refractivity contribution in [3.05, 3.63) is 42.2 Å². The molecule has 0 aliphatic carbocycles. The number of aliphatic imine (C=N–C) groups is 1. The van der Waals surface area contributed by atoms with Gasteiger partial charge in [0.15, 0.2) is 0 Å². The average Bonchev–Trinajstić information content (AvgIpc) is 3.00. The molecule has 0 radical (unpaired) electrons. The molecule has 2 aromatic rings. The van der Waals surface area contributed by atoms with Crippen molar-refractivity contribution in [1.82, 2.24) is 9.97 Å². The molecule has 0 saturated carbocycles. The van der Waals surface area contributed by atoms with Crippen LogP contribution in [0.2, 0.25) is 0 Å². The molecule has 7 nitrogen and oxygen atoms in total. The summed E-state index contributed by atoms with van der Waals surface area (Å²) in [6.07, 6.45) is 3.33. The molecular formula is C16H19N5O2. The van der Waals surface area contributed by atoms with Gasteiger partial charge in [-0.1, -0.05) is 12.1 Å². The monoisotopic (exact) mass is 313 g/mol. The van der Waals surface area contributed by atoms with Gasteiger partial charge in [0.05, 0.1) is 13.2 Å². The van der Waals surface area contributed by atoms with Crippen LogP contribution in [0.15, 0.2) is 41.7 Å². The van der Waals surface area contributed by atoms with Crippen LogP contribution >= 0.6 is 0 Å². The first-order chi connectivity index (χ1) is 11.2. The lowest BCUT2D eigenvalue weighted by molar-refractivity contribution is 0.308. The van der Waals surface area contributed by atoms with E-state index in [1.54, 1.807) is 13.2 Å². The van der Waals surface area contributed by atoms with Gasteiger partial charge < -0.3 is 20.5 Å².